The third kappa shape index (κ3) is 6.11. The van der Waals surface area contributed by atoms with E-state index < -0.39 is 0 Å². The number of benzene rings is 3. The van der Waals surface area contributed by atoms with Crippen LogP contribution in [0.25, 0.3) is 22.0 Å². The molecule has 43 heavy (non-hydrogen) atoms. The fourth-order valence-electron chi connectivity index (χ4n) is 6.32. The molecule has 0 aliphatic carbocycles. The number of carbonyl (C=O) groups is 2. The van der Waals surface area contributed by atoms with E-state index in [1.165, 1.54) is 32.4 Å². The maximum atomic E-state index is 13.4. The molecule has 8 nitrogen and oxygen atoms in total. The zero-order valence-corrected chi connectivity index (χ0v) is 25.5. The Hall–Kier alpha value is -4.30. The fourth-order valence-corrected chi connectivity index (χ4v) is 6.32. The molecule has 1 aromatic heterocycles. The molecule has 0 spiro atoms. The smallest absolute Gasteiger partial charge is 0.255 e. The summed E-state index contributed by atoms with van der Waals surface area (Å²) in [6, 6.07) is 17.7. The highest BCUT2D eigenvalue weighted by molar-refractivity contribution is 6.06. The van der Waals surface area contributed by atoms with Gasteiger partial charge in [0.05, 0.1) is 5.52 Å². The number of fused-ring (bicyclic) bond motifs is 2. The number of nitrogens with zero attached hydrogens (tertiary/aromatic N) is 4. The van der Waals surface area contributed by atoms with Gasteiger partial charge in [0.2, 0.25) is 11.9 Å². The van der Waals surface area contributed by atoms with Crippen molar-refractivity contribution in [1.82, 2.24) is 14.9 Å². The first-order valence-corrected chi connectivity index (χ1v) is 15.3. The van der Waals surface area contributed by atoms with Gasteiger partial charge < -0.3 is 20.4 Å². The van der Waals surface area contributed by atoms with Crippen LogP contribution in [-0.4, -0.2) is 59.4 Å². The van der Waals surface area contributed by atoms with Gasteiger partial charge in [-0.25, -0.2) is 9.97 Å². The standard InChI is InChI=1S/C35H40N6O2/c1-23-8-9-26(33(43)38-28-11-12-30-32(20-28)41(24(2)42)22-35(30,3)4)19-29(23)25-10-13-31-27(18-25)21-37-34(39-31)36-14-17-40-15-6-5-7-16-40/h8-13,18-21H,5-7,14-17,22H2,1-4H3,(H,38,43)(H,36,37,39). The van der Waals surface area contributed by atoms with Gasteiger partial charge >= 0.3 is 0 Å². The highest BCUT2D eigenvalue weighted by Gasteiger charge is 2.37. The van der Waals surface area contributed by atoms with E-state index in [1.54, 1.807) is 11.8 Å². The summed E-state index contributed by atoms with van der Waals surface area (Å²) in [6.07, 6.45) is 5.78. The van der Waals surface area contributed by atoms with E-state index in [0.717, 1.165) is 51.9 Å². The van der Waals surface area contributed by atoms with Gasteiger partial charge in [-0.3, -0.25) is 9.59 Å². The largest absolute Gasteiger partial charge is 0.353 e. The summed E-state index contributed by atoms with van der Waals surface area (Å²) in [5.74, 6) is 0.450. The quantitative estimate of drug-likeness (QED) is 0.265. The third-order valence-corrected chi connectivity index (χ3v) is 8.76. The molecule has 2 aliphatic heterocycles. The molecule has 0 unspecified atom stereocenters. The maximum Gasteiger partial charge on any atom is 0.255 e. The summed E-state index contributed by atoms with van der Waals surface area (Å²) in [5, 5.41) is 7.37. The van der Waals surface area contributed by atoms with Crippen molar-refractivity contribution >= 4 is 40.0 Å². The summed E-state index contributed by atoms with van der Waals surface area (Å²) in [4.78, 5) is 39.2. The van der Waals surface area contributed by atoms with Gasteiger partial charge in [0, 0.05) is 60.5 Å². The lowest BCUT2D eigenvalue weighted by Crippen LogP contribution is -2.33. The molecule has 1 fully saturated rings. The normalized spacial score (nSPS) is 16.2. The van der Waals surface area contributed by atoms with Crippen molar-refractivity contribution in [3.8, 4) is 11.1 Å². The van der Waals surface area contributed by atoms with Crippen molar-refractivity contribution in [3.05, 3.63) is 77.5 Å². The number of rotatable bonds is 7. The molecule has 222 valence electrons. The lowest BCUT2D eigenvalue weighted by Gasteiger charge is -2.26. The van der Waals surface area contributed by atoms with E-state index in [1.807, 2.05) is 55.6 Å². The lowest BCUT2D eigenvalue weighted by atomic mass is 9.87. The van der Waals surface area contributed by atoms with Gasteiger partial charge in [-0.1, -0.05) is 38.5 Å². The second kappa shape index (κ2) is 11.8. The zero-order valence-electron chi connectivity index (χ0n) is 25.5. The van der Waals surface area contributed by atoms with Gasteiger partial charge in [-0.15, -0.1) is 0 Å². The number of carbonyl (C=O) groups excluding carboxylic acids is 2. The minimum atomic E-state index is -0.197. The number of amides is 2. The molecule has 1 saturated heterocycles. The van der Waals surface area contributed by atoms with Gasteiger partial charge in [0.25, 0.3) is 5.91 Å². The first-order valence-electron chi connectivity index (χ1n) is 15.3. The Balaban J connectivity index is 1.17. The first-order chi connectivity index (χ1) is 20.7. The monoisotopic (exact) mass is 576 g/mol. The number of hydrogen-bond donors (Lipinski definition) is 2. The topological polar surface area (TPSA) is 90.5 Å². The highest BCUT2D eigenvalue weighted by atomic mass is 16.2. The van der Waals surface area contributed by atoms with Crippen molar-refractivity contribution < 1.29 is 9.59 Å². The van der Waals surface area contributed by atoms with Crippen LogP contribution in [0.3, 0.4) is 0 Å². The van der Waals surface area contributed by atoms with Crippen molar-refractivity contribution in [2.45, 2.75) is 52.4 Å². The summed E-state index contributed by atoms with van der Waals surface area (Å²) < 4.78 is 0. The van der Waals surface area contributed by atoms with Crippen LogP contribution in [0, 0.1) is 6.92 Å². The highest BCUT2D eigenvalue weighted by Crippen LogP contribution is 2.42. The van der Waals surface area contributed by atoms with Crippen molar-refractivity contribution in [3.63, 3.8) is 0 Å². The lowest BCUT2D eigenvalue weighted by molar-refractivity contribution is -0.116. The number of anilines is 3. The van der Waals surface area contributed by atoms with Gasteiger partial charge in [-0.2, -0.15) is 0 Å². The Morgan fingerprint density at radius 3 is 2.58 bits per heavy atom. The SMILES string of the molecule is CC(=O)N1CC(C)(C)c2ccc(NC(=O)c3ccc(C)c(-c4ccc5nc(NCCN6CCCCC6)ncc5c4)c3)cc21. The molecule has 2 N–H and O–H groups in total. The van der Waals surface area contributed by atoms with Crippen LogP contribution in [0.15, 0.2) is 60.8 Å². The Bertz CT molecular complexity index is 1690. The van der Waals surface area contributed by atoms with E-state index in [9.17, 15) is 9.59 Å². The van der Waals surface area contributed by atoms with E-state index in [-0.39, 0.29) is 17.2 Å². The molecule has 4 aromatic rings. The molecular weight excluding hydrogens is 536 g/mol. The predicted molar refractivity (Wildman–Crippen MR) is 174 cm³/mol. The van der Waals surface area contributed by atoms with Crippen LogP contribution in [0.4, 0.5) is 17.3 Å². The van der Waals surface area contributed by atoms with Gasteiger partial charge in [0.1, 0.15) is 0 Å². The van der Waals surface area contributed by atoms with E-state index in [2.05, 4.69) is 46.5 Å². The molecule has 0 radical (unpaired) electrons. The van der Waals surface area contributed by atoms with Crippen molar-refractivity contribution in [1.29, 1.82) is 0 Å². The summed E-state index contributed by atoms with van der Waals surface area (Å²) >= 11 is 0. The summed E-state index contributed by atoms with van der Waals surface area (Å²) in [7, 11) is 0. The molecule has 3 heterocycles. The van der Waals surface area contributed by atoms with Crippen molar-refractivity contribution in [2.24, 2.45) is 0 Å². The molecule has 0 saturated carbocycles. The molecule has 0 atom stereocenters. The molecule has 2 aliphatic rings. The zero-order chi connectivity index (χ0) is 30.1. The maximum absolute atomic E-state index is 13.4. The Labute approximate surface area is 253 Å². The molecule has 3 aromatic carbocycles. The fraction of sp³-hybridized carbons (Fsp3) is 0.371. The molecule has 0 bridgehead atoms. The number of piperidine rings is 1. The van der Waals surface area contributed by atoms with Crippen molar-refractivity contribution in [2.75, 3.05) is 48.3 Å². The average molecular weight is 577 g/mol. The van der Waals surface area contributed by atoms with Crippen LogP contribution < -0.4 is 15.5 Å². The average Bonchev–Trinajstić information content (AvgIpc) is 3.27. The number of hydrogen-bond acceptors (Lipinski definition) is 6. The molecule has 2 amide bonds. The number of aryl methyl sites for hydroxylation is 1. The molecule has 8 heteroatoms. The van der Waals surface area contributed by atoms with Gasteiger partial charge in [-0.05, 0) is 91.5 Å². The predicted octanol–water partition coefficient (Wildman–Crippen LogP) is 6.40. The van der Waals surface area contributed by atoms with E-state index in [4.69, 9.17) is 4.98 Å². The Morgan fingerprint density at radius 1 is 0.977 bits per heavy atom. The van der Waals surface area contributed by atoms with Crippen LogP contribution in [-0.2, 0) is 10.2 Å². The Morgan fingerprint density at radius 2 is 1.79 bits per heavy atom. The molecular formula is C35H40N6O2. The van der Waals surface area contributed by atoms with Gasteiger partial charge in [0.15, 0.2) is 0 Å². The minimum absolute atomic E-state index is 0.000362. The van der Waals surface area contributed by atoms with E-state index in [0.29, 0.717) is 23.7 Å². The van der Waals surface area contributed by atoms with Crippen LogP contribution in [0.2, 0.25) is 0 Å². The second-order valence-electron chi connectivity index (χ2n) is 12.5. The summed E-state index contributed by atoms with van der Waals surface area (Å²) in [5.41, 5.74) is 7.01. The molecule has 6 rings (SSSR count). The summed E-state index contributed by atoms with van der Waals surface area (Å²) in [6.45, 7) is 12.7. The first kappa shape index (κ1) is 28.8. The Kier molecular flexibility index (Phi) is 7.88. The number of nitrogens with one attached hydrogen (secondary N) is 2. The van der Waals surface area contributed by atoms with Crippen LogP contribution >= 0.6 is 0 Å². The van der Waals surface area contributed by atoms with Crippen LogP contribution in [0.5, 0.6) is 0 Å². The second-order valence-corrected chi connectivity index (χ2v) is 12.5. The third-order valence-electron chi connectivity index (χ3n) is 8.76. The number of likely N-dealkylation sites (tertiary alicyclic amines) is 1. The van der Waals surface area contributed by atoms with E-state index >= 15 is 0 Å². The number of aromatic nitrogens is 2. The van der Waals surface area contributed by atoms with Crippen LogP contribution in [0.1, 0.15) is 61.5 Å². The minimum Gasteiger partial charge on any atom is -0.353 e.